The van der Waals surface area contributed by atoms with E-state index in [4.69, 9.17) is 73.8 Å². The number of carbonyl (C=O) groups is 3. The van der Waals surface area contributed by atoms with Gasteiger partial charge in [0.1, 0.15) is 34.0 Å². The fourth-order valence-corrected chi connectivity index (χ4v) is 8.46. The molecule has 1 aliphatic heterocycles. The van der Waals surface area contributed by atoms with Crippen molar-refractivity contribution < 1.29 is 175 Å². The number of hydrogen-bond donors (Lipinski definition) is 6. The molecule has 703 valence electrons. The molecule has 1 aliphatic rings. The van der Waals surface area contributed by atoms with E-state index < -0.39 is 40.1 Å². The Labute approximate surface area is 857 Å². The summed E-state index contributed by atoms with van der Waals surface area (Å²) in [5.74, 6) is 2.11. The molecule has 3 radical (unpaired) electrons. The Morgan fingerprint density at radius 3 is 1.26 bits per heavy atom. The van der Waals surface area contributed by atoms with Crippen LogP contribution in [0.2, 0.25) is 0 Å². The molecule has 32 nitrogen and oxygen atoms in total. The summed E-state index contributed by atoms with van der Waals surface area (Å²) in [5, 5.41) is 49.9. The average molecular weight is 2360 g/mol. The monoisotopic (exact) mass is 2350 g/mol. The van der Waals surface area contributed by atoms with Crippen LogP contribution in [0, 0.1) is 13.3 Å². The molecule has 1 saturated heterocycles. The number of Topliss-reactive ketones (excluding diaryl/α,β-unsaturated/α-hetero) is 1. The molecule has 12 N–H and O–H groups in total. The van der Waals surface area contributed by atoms with Crippen LogP contribution in [0.15, 0.2) is 95.6 Å². The van der Waals surface area contributed by atoms with Crippen LogP contribution in [0.5, 0.6) is 5.95 Å². The summed E-state index contributed by atoms with van der Waals surface area (Å²) in [5.41, 5.74) is 6.33. The number of aliphatic hydroxyl groups is 3. The second kappa shape index (κ2) is 106. The molecule has 0 saturated carbocycles. The Balaban J connectivity index is -0.0000000520. The van der Waals surface area contributed by atoms with Gasteiger partial charge in [-0.05, 0) is 232 Å². The summed E-state index contributed by atoms with van der Waals surface area (Å²) in [6.07, 6.45) is 7.90. The molecule has 0 spiro atoms. The summed E-state index contributed by atoms with van der Waals surface area (Å²) in [4.78, 5) is 36.4. The molecule has 50 heteroatoms. The number of ether oxygens (including phenoxy) is 3. The predicted octanol–water partition coefficient (Wildman–Crippen LogP) is 12.1. The van der Waals surface area contributed by atoms with Gasteiger partial charge in [0.05, 0.1) is 93.3 Å². The minimum atomic E-state index is -1.27. The second-order valence-corrected chi connectivity index (χ2v) is 35.0. The maximum absolute atomic E-state index is 11.9. The smallest absolute Gasteiger partial charge is 1.00 e. The first-order valence-electron chi connectivity index (χ1n) is 33.9. The molecule has 0 unspecified atom stereocenters. The van der Waals surface area contributed by atoms with Crippen LogP contribution in [0.1, 0.15) is 259 Å². The Bertz CT molecular complexity index is 3280. The number of halogens is 11. The van der Waals surface area contributed by atoms with Crippen LogP contribution >= 0.6 is 131 Å². The van der Waals surface area contributed by atoms with Crippen molar-refractivity contribution in [3.05, 3.63) is 106 Å². The minimum Gasteiger partial charge on any atom is -1.00 e. The van der Waals surface area contributed by atoms with Gasteiger partial charge in [-0.25, -0.2) is 22.4 Å². The summed E-state index contributed by atoms with van der Waals surface area (Å²) in [6.45, 7) is 47.6. The summed E-state index contributed by atoms with van der Waals surface area (Å²) in [6, 6.07) is 9.67. The molecule has 0 aromatic carbocycles. The normalized spacial score (nSPS) is 11.3. The number of alkyl halides is 3. The van der Waals surface area contributed by atoms with E-state index in [9.17, 15) is 31.4 Å². The van der Waals surface area contributed by atoms with Gasteiger partial charge in [-0.1, -0.05) is 73.5 Å². The molecule has 0 aliphatic carbocycles. The Hall–Kier alpha value is 0.255. The van der Waals surface area contributed by atoms with E-state index in [0.29, 0.717) is 75.7 Å². The van der Waals surface area contributed by atoms with E-state index in [1.807, 2.05) is 131 Å². The molecule has 120 heavy (non-hydrogen) atoms. The van der Waals surface area contributed by atoms with Gasteiger partial charge in [-0.15, -0.1) is 35.6 Å². The number of rotatable bonds is 17. The Morgan fingerprint density at radius 2 is 1.03 bits per heavy atom. The molecule has 7 rings (SSSR count). The number of aliphatic hydroxyl groups excluding tert-OH is 3. The van der Waals surface area contributed by atoms with Gasteiger partial charge in [-0.2, -0.15) is 25.2 Å². The zero-order chi connectivity index (χ0) is 88.8. The number of carbonyl (C=O) groups excluding carboxylic acids is 3. The third-order valence-corrected chi connectivity index (χ3v) is 16.6. The van der Waals surface area contributed by atoms with Crippen LogP contribution in [0.3, 0.4) is 0 Å². The maximum atomic E-state index is 11.9. The third kappa shape index (κ3) is 102. The van der Waals surface area contributed by atoms with E-state index in [1.54, 1.807) is 52.0 Å². The van der Waals surface area contributed by atoms with Gasteiger partial charge in [-0.3, -0.25) is 28.8 Å². The number of aromatic nitrogens is 6. The van der Waals surface area contributed by atoms with Crippen molar-refractivity contribution >= 4 is 219 Å². The van der Waals surface area contributed by atoms with E-state index >= 15 is 0 Å². The van der Waals surface area contributed by atoms with Gasteiger partial charge in [0, 0.05) is 107 Å². The van der Waals surface area contributed by atoms with Crippen LogP contribution in [0.25, 0.3) is 0 Å². The van der Waals surface area contributed by atoms with Crippen LogP contribution < -0.4 is 66.9 Å². The SMILES string of the molecule is C.C.C1CCOC1.CC(C)(C)[S@](N)=O.CC(C)O.CC(C)OC(C)C.CCC(=N[S@](=O)C(C)(C)C)c1cc(Br)no1.CCC(=O)c1cc(Br)no1.CC[C@H](N)c1cc(Br)no1.CC[C@H](N[S@](=O)C(C)(C)C)c1cc(Br)no1.CO.CO.CON(C)C(=O)c1cc(Br)no1.C[CH-]C.Cl.ClCCl.O.O.O=COc1cc(Br)no1.[2H]CF.[B].[Br-].[CH2-]C.[H-].[Mg+2].[Na+].[Ti]. The van der Waals surface area contributed by atoms with E-state index in [2.05, 4.69) is 166 Å². The molecule has 5 atom stereocenters. The summed E-state index contributed by atoms with van der Waals surface area (Å²) < 4.78 is 103. The summed E-state index contributed by atoms with van der Waals surface area (Å²) in [7, 11) is 0.309. The number of nitrogens with two attached hydrogens (primary N) is 2. The number of amides is 1. The number of nitrogens with zero attached hydrogens (tertiary/aromatic N) is 8. The van der Waals surface area contributed by atoms with Crippen molar-refractivity contribution in [2.45, 2.75) is 250 Å². The molecule has 0 bridgehead atoms. The van der Waals surface area contributed by atoms with E-state index in [0.717, 1.165) is 51.1 Å². The molecular formula is C70H136BBr7Cl3FMgN11NaO21S3Ti-. The Morgan fingerprint density at radius 1 is 0.708 bits per heavy atom. The largest absolute Gasteiger partial charge is 2.00 e. The topological polar surface area (TPSA) is 499 Å². The quantitative estimate of drug-likeness (QED) is 0.00939. The fourth-order valence-electron chi connectivity index (χ4n) is 5.18. The first kappa shape index (κ1) is 164. The zero-order valence-electron chi connectivity index (χ0n) is 74.6. The van der Waals surface area contributed by atoms with Gasteiger partial charge < -0.3 is 105 Å². The predicted molar refractivity (Wildman–Crippen MR) is 500 cm³/mol. The van der Waals surface area contributed by atoms with Gasteiger partial charge in [0.15, 0.2) is 21.9 Å². The molecule has 6 aromatic heterocycles. The number of hydroxylamine groups is 2. The van der Waals surface area contributed by atoms with Gasteiger partial charge in [0.2, 0.25) is 17.3 Å². The maximum Gasteiger partial charge on any atom is 2.00 e. The minimum absolute atomic E-state index is 0. The summed E-state index contributed by atoms with van der Waals surface area (Å²) >= 11 is 28.3. The van der Waals surface area contributed by atoms with Crippen molar-refractivity contribution in [3.8, 4) is 5.95 Å². The number of ketones is 1. The van der Waals surface area contributed by atoms with Crippen LogP contribution in [-0.2, 0) is 73.8 Å². The van der Waals surface area contributed by atoms with Crippen molar-refractivity contribution in [3.63, 3.8) is 0 Å². The van der Waals surface area contributed by atoms with Crippen LogP contribution in [0.4, 0.5) is 4.39 Å². The third-order valence-electron chi connectivity index (χ3n) is 10.1. The van der Waals surface area contributed by atoms with Crippen molar-refractivity contribution in [1.29, 1.82) is 0 Å². The van der Waals surface area contributed by atoms with E-state index in [-0.39, 0.29) is 207 Å². The average Bonchev–Trinajstić information content (AvgIpc) is 1.65. The van der Waals surface area contributed by atoms with E-state index in [1.165, 1.54) is 39.1 Å². The molecule has 7 heterocycles. The first-order chi connectivity index (χ1) is 51.7. The molecule has 1 amide bonds. The second-order valence-electron chi connectivity index (χ2n) is 23.6. The number of hydrogen-bond acceptors (Lipinski definition) is 26. The van der Waals surface area contributed by atoms with Crippen molar-refractivity contribution in [2.75, 3.05) is 54.1 Å². The van der Waals surface area contributed by atoms with Gasteiger partial charge in [0.25, 0.3) is 0 Å². The van der Waals surface area contributed by atoms with Crippen molar-refractivity contribution in [1.82, 2.24) is 40.7 Å². The van der Waals surface area contributed by atoms with Crippen LogP contribution in [-0.4, -0.2) is 217 Å². The first-order valence-corrected chi connectivity index (χ1v) is 42.5. The fraction of sp³-hybridized carbons (Fsp3) is 0.657. The molecular weight excluding hydrogens is 2220 g/mol. The molecule has 1 fully saturated rings. The zero-order valence-corrected chi connectivity index (χ0v) is 93.4. The molecule has 6 aromatic rings. The number of nitrogens with one attached hydrogen (secondary N) is 1. The Kier molecular flexibility index (Phi) is 145. The standard InChI is InChI=1S/C10H17BrN2O2S.C10H15BrN2O2S.C6H7BrN2O3.C6H9BrN2O.C6H6BrNO2.C6H14O.C4H2BrNO3.C4H11NOS.C4H8O.C3H8O.C3H7.C2H5.CH2Cl2.CH3F.2CH4O.2CH4.B.BrH.ClH.Mg.Na.2H2O.Ti.H/c2*1-5-7(8-6-9(11)12-15-8)13-16(14)10(2,3)4;1-9(11-2)6(10)4-3-5(7)8-12-4;1-2-4(8)5-3-6(7)9-10-5;1-2-4(9)5-3-6(7)8-10-5;1-5(2)7-6(3)4;5-3-1-4(8-2-7)9-6-3;1-4(2,3)7(5)6;1-2-4-5-3-1;1-3(2)4;1-3-2;1-2;2-1-3;3*1-2;;;;;;;;;;;/h6-7,13H,5H2,1-4H3;6H,5H2,1-4H3;3H,1-2H3;3-4H,2,8H2,1H3;3H,2H2,1H3;5-6H,1-4H3;1-2H;5H2,1-3H3;1-4H2;3-4H,1-2H3;3H,1-2H3;1H2,2H3;1H2;1H3;2*2H,1H3;2*1H4;;2*1H;;;2*1H2;;/q;;;;;;;;;;2*-1;;;;;;;;;;+2;+1;;;;-1/p-1/t7-,16+;16-;;4-;;;;7-;;;;;;;;;;;;;;;;;;;/m01.0...1.................../s1/i;;;;;;;;;;;;;1D;;;;;;;;;;;;;. The van der Waals surface area contributed by atoms with Crippen molar-refractivity contribution in [2.24, 2.45) is 15.3 Å². The van der Waals surface area contributed by atoms with Gasteiger partial charge >= 0.3 is 70.9 Å².